The standard InChI is InChI=1S/C26H26ClN5O3.2C2HF3O2/c1-14-19(27)12-18(15(2)32-10-9-20(33)22-24(28)29-13-30-25(22)32)23(35-5)21(14)16-7-6-8-17(11-16)26(34)31(3)4;2*3-2(4,5)1(6)7/h6-13,15H,1-5H3,(H2,28,29,30);2*(H,6,7). The number of fused-ring (bicyclic) bond motifs is 1. The summed E-state index contributed by atoms with van der Waals surface area (Å²) in [5, 5.41) is 15.1. The molecule has 4 N–H and O–H groups in total. The van der Waals surface area contributed by atoms with E-state index in [1.807, 2.05) is 42.7 Å². The number of aromatic nitrogens is 3. The average molecular weight is 720 g/mol. The Kier molecular flexibility index (Phi) is 12.7. The summed E-state index contributed by atoms with van der Waals surface area (Å²) < 4.78 is 71.2. The molecule has 4 aromatic rings. The maximum atomic E-state index is 12.6. The summed E-state index contributed by atoms with van der Waals surface area (Å²) in [6, 6.07) is 10.3. The number of aliphatic carboxylic acids is 2. The average Bonchev–Trinajstić information content (AvgIpc) is 3.01. The van der Waals surface area contributed by atoms with Crippen LogP contribution in [0.3, 0.4) is 0 Å². The van der Waals surface area contributed by atoms with E-state index < -0.39 is 24.3 Å². The second-order valence-electron chi connectivity index (χ2n) is 10.1. The van der Waals surface area contributed by atoms with Crippen LogP contribution in [-0.2, 0) is 9.59 Å². The lowest BCUT2D eigenvalue weighted by Crippen LogP contribution is -2.21. The molecule has 0 bridgehead atoms. The Balaban J connectivity index is 0.000000500. The molecule has 49 heavy (non-hydrogen) atoms. The highest BCUT2D eigenvalue weighted by Gasteiger charge is 2.39. The first-order valence-electron chi connectivity index (χ1n) is 13.4. The zero-order chi connectivity index (χ0) is 37.6. The number of nitrogens with zero attached hydrogens (tertiary/aromatic N) is 4. The monoisotopic (exact) mass is 719 g/mol. The molecular weight excluding hydrogens is 692 g/mol. The second-order valence-corrected chi connectivity index (χ2v) is 10.5. The summed E-state index contributed by atoms with van der Waals surface area (Å²) in [5.41, 5.74) is 9.90. The minimum absolute atomic E-state index is 0.101. The predicted octanol–water partition coefficient (Wildman–Crippen LogP) is 5.59. The highest BCUT2D eigenvalue weighted by atomic mass is 35.5. The molecule has 2 aromatic heterocycles. The maximum Gasteiger partial charge on any atom is 0.490 e. The molecule has 1 atom stereocenters. The lowest BCUT2D eigenvalue weighted by Gasteiger charge is -2.24. The molecule has 19 heteroatoms. The van der Waals surface area contributed by atoms with Crippen molar-refractivity contribution >= 4 is 46.3 Å². The van der Waals surface area contributed by atoms with Gasteiger partial charge in [-0.3, -0.25) is 9.59 Å². The molecule has 0 saturated carbocycles. The Morgan fingerprint density at radius 1 is 1.00 bits per heavy atom. The first-order valence-corrected chi connectivity index (χ1v) is 13.8. The maximum absolute atomic E-state index is 12.6. The number of anilines is 1. The summed E-state index contributed by atoms with van der Waals surface area (Å²) in [6.45, 7) is 3.87. The van der Waals surface area contributed by atoms with Crippen molar-refractivity contribution in [3.8, 4) is 16.9 Å². The minimum atomic E-state index is -5.08. The van der Waals surface area contributed by atoms with Crippen LogP contribution in [-0.4, -0.2) is 81.1 Å². The van der Waals surface area contributed by atoms with Gasteiger partial charge in [-0.25, -0.2) is 19.6 Å². The molecule has 0 fully saturated rings. The van der Waals surface area contributed by atoms with E-state index in [9.17, 15) is 35.9 Å². The van der Waals surface area contributed by atoms with Crippen LogP contribution in [0.4, 0.5) is 32.2 Å². The quantitative estimate of drug-likeness (QED) is 0.220. The molecule has 1 amide bonds. The van der Waals surface area contributed by atoms with Gasteiger partial charge in [0.25, 0.3) is 5.91 Å². The molecule has 0 radical (unpaired) electrons. The van der Waals surface area contributed by atoms with Crippen LogP contribution in [0.5, 0.6) is 5.75 Å². The third kappa shape index (κ3) is 9.59. The van der Waals surface area contributed by atoms with Gasteiger partial charge in [-0.1, -0.05) is 23.7 Å². The number of ether oxygens (including phenoxy) is 1. The normalized spacial score (nSPS) is 11.8. The van der Waals surface area contributed by atoms with Gasteiger partial charge in [0, 0.05) is 48.1 Å². The summed E-state index contributed by atoms with van der Waals surface area (Å²) >= 11 is 6.72. The van der Waals surface area contributed by atoms with Gasteiger partial charge in [0.1, 0.15) is 28.9 Å². The molecule has 1 unspecified atom stereocenters. The number of methoxy groups -OCH3 is 1. The second kappa shape index (κ2) is 15.7. The van der Waals surface area contributed by atoms with E-state index in [1.165, 1.54) is 17.3 Å². The number of benzene rings is 2. The lowest BCUT2D eigenvalue weighted by atomic mass is 9.92. The van der Waals surface area contributed by atoms with Crippen LogP contribution >= 0.6 is 11.6 Å². The van der Waals surface area contributed by atoms with E-state index >= 15 is 0 Å². The number of carbonyl (C=O) groups excluding carboxylic acids is 1. The third-order valence-electron chi connectivity index (χ3n) is 6.60. The van der Waals surface area contributed by atoms with Gasteiger partial charge in [-0.15, -0.1) is 0 Å². The number of carboxylic acid groups (broad SMARTS) is 2. The lowest BCUT2D eigenvalue weighted by molar-refractivity contribution is -0.193. The SMILES string of the molecule is COc1c(C(C)n2ccc(=O)c3c(N)ncnc32)cc(Cl)c(C)c1-c1cccc(C(=O)N(C)C)c1.O=C(O)C(F)(F)F.O=C(O)C(F)(F)F. The van der Waals surface area contributed by atoms with Gasteiger partial charge in [-0.05, 0) is 43.2 Å². The molecule has 2 aromatic carbocycles. The topological polar surface area (TPSA) is 178 Å². The zero-order valence-electron chi connectivity index (χ0n) is 26.1. The van der Waals surface area contributed by atoms with Crippen LogP contribution in [0.2, 0.25) is 5.02 Å². The zero-order valence-corrected chi connectivity index (χ0v) is 26.9. The molecule has 0 aliphatic heterocycles. The number of amides is 1. The molecule has 0 aliphatic rings. The molecule has 0 saturated heterocycles. The number of nitrogen functional groups attached to an aromatic ring is 1. The van der Waals surface area contributed by atoms with Crippen molar-refractivity contribution in [2.45, 2.75) is 32.2 Å². The van der Waals surface area contributed by atoms with Crippen molar-refractivity contribution in [1.29, 1.82) is 0 Å². The smallest absolute Gasteiger partial charge is 0.490 e. The fourth-order valence-electron chi connectivity index (χ4n) is 4.27. The van der Waals surface area contributed by atoms with Gasteiger partial charge in [0.2, 0.25) is 0 Å². The molecule has 12 nitrogen and oxygen atoms in total. The van der Waals surface area contributed by atoms with E-state index in [0.717, 1.165) is 22.3 Å². The van der Waals surface area contributed by atoms with Crippen LogP contribution in [0, 0.1) is 6.92 Å². The van der Waals surface area contributed by atoms with Crippen LogP contribution < -0.4 is 15.9 Å². The van der Waals surface area contributed by atoms with Gasteiger partial charge in [0.15, 0.2) is 5.43 Å². The number of nitrogens with two attached hydrogens (primary N) is 1. The van der Waals surface area contributed by atoms with Gasteiger partial charge >= 0.3 is 24.3 Å². The van der Waals surface area contributed by atoms with E-state index in [1.54, 1.807) is 33.5 Å². The fraction of sp³-hybridized carbons (Fsp3) is 0.267. The van der Waals surface area contributed by atoms with Crippen LogP contribution in [0.1, 0.15) is 34.5 Å². The number of rotatable bonds is 5. The van der Waals surface area contributed by atoms with Crippen LogP contribution in [0.15, 0.2) is 53.7 Å². The van der Waals surface area contributed by atoms with Crippen molar-refractivity contribution in [2.75, 3.05) is 26.9 Å². The van der Waals surface area contributed by atoms with E-state index in [-0.39, 0.29) is 28.6 Å². The molecule has 264 valence electrons. The van der Waals surface area contributed by atoms with Gasteiger partial charge in [0.05, 0.1) is 13.2 Å². The third-order valence-corrected chi connectivity index (χ3v) is 6.99. The van der Waals surface area contributed by atoms with Gasteiger partial charge in [-0.2, -0.15) is 26.3 Å². The number of carboxylic acids is 2. The molecule has 0 spiro atoms. The van der Waals surface area contributed by atoms with E-state index in [4.69, 9.17) is 41.9 Å². The Bertz CT molecular complexity index is 1910. The number of halogens is 7. The summed E-state index contributed by atoms with van der Waals surface area (Å²) in [4.78, 5) is 52.7. The summed E-state index contributed by atoms with van der Waals surface area (Å²) in [6.07, 6.45) is -7.16. The first-order chi connectivity index (χ1) is 22.5. The molecule has 2 heterocycles. The number of carbonyl (C=O) groups is 3. The minimum Gasteiger partial charge on any atom is -0.496 e. The summed E-state index contributed by atoms with van der Waals surface area (Å²) in [7, 11) is 5.02. The number of hydrogen-bond donors (Lipinski definition) is 3. The highest BCUT2D eigenvalue weighted by Crippen LogP contribution is 2.43. The Labute approximate surface area is 278 Å². The number of pyridine rings is 1. The van der Waals surface area contributed by atoms with Crippen molar-refractivity contribution < 1.29 is 55.7 Å². The largest absolute Gasteiger partial charge is 0.496 e. The molecule has 0 aliphatic carbocycles. The number of hydrogen-bond acceptors (Lipinski definition) is 8. The Hall–Kier alpha value is -5.39. The van der Waals surface area contributed by atoms with Crippen LogP contribution in [0.25, 0.3) is 22.2 Å². The Morgan fingerprint density at radius 2 is 1.55 bits per heavy atom. The van der Waals surface area contributed by atoms with E-state index in [2.05, 4.69) is 9.97 Å². The first kappa shape index (κ1) is 39.8. The number of alkyl halides is 6. The highest BCUT2D eigenvalue weighted by molar-refractivity contribution is 6.32. The van der Waals surface area contributed by atoms with Crippen molar-refractivity contribution in [3.63, 3.8) is 0 Å². The van der Waals surface area contributed by atoms with E-state index in [0.29, 0.717) is 22.0 Å². The predicted molar refractivity (Wildman–Crippen MR) is 166 cm³/mol. The van der Waals surface area contributed by atoms with Crippen molar-refractivity contribution in [2.24, 2.45) is 0 Å². The summed E-state index contributed by atoms with van der Waals surface area (Å²) in [5.74, 6) is -4.88. The molecular formula is C30H28ClF6N5O7. The van der Waals surface area contributed by atoms with Gasteiger partial charge < -0.3 is 30.2 Å². The fourth-order valence-corrected chi connectivity index (χ4v) is 4.49. The van der Waals surface area contributed by atoms with Crippen molar-refractivity contribution in [3.05, 3.63) is 80.9 Å². The van der Waals surface area contributed by atoms with Crippen molar-refractivity contribution in [1.82, 2.24) is 19.4 Å². The molecule has 4 rings (SSSR count). The Morgan fingerprint density at radius 3 is 2.04 bits per heavy atom.